The molecule has 2 rings (SSSR count). The molecule has 1 aliphatic rings. The molecular weight excluding hydrogens is 348 g/mol. The van der Waals surface area contributed by atoms with Crippen molar-refractivity contribution in [1.82, 2.24) is 15.5 Å². The van der Waals surface area contributed by atoms with E-state index in [1.165, 1.54) is 18.4 Å². The van der Waals surface area contributed by atoms with Crippen LogP contribution in [-0.2, 0) is 10.2 Å². The Hall–Kier alpha value is -1.59. The number of hydrogen-bond acceptors (Lipinski definition) is 3. The van der Waals surface area contributed by atoms with E-state index in [2.05, 4.69) is 64.7 Å². The van der Waals surface area contributed by atoms with Crippen LogP contribution < -0.4 is 10.6 Å². The summed E-state index contributed by atoms with van der Waals surface area (Å²) in [6, 6.07) is 11.4. The summed E-state index contributed by atoms with van der Waals surface area (Å²) in [4.78, 5) is 7.04. The molecule has 158 valence electrons. The molecule has 5 nitrogen and oxygen atoms in total. The number of likely N-dealkylation sites (tertiary alicyclic amines) is 1. The van der Waals surface area contributed by atoms with Crippen LogP contribution in [0.1, 0.15) is 51.5 Å². The quantitative estimate of drug-likeness (QED) is 0.366. The van der Waals surface area contributed by atoms with E-state index in [1.54, 1.807) is 7.11 Å². The Labute approximate surface area is 171 Å². The van der Waals surface area contributed by atoms with Crippen molar-refractivity contribution >= 4 is 5.96 Å². The summed E-state index contributed by atoms with van der Waals surface area (Å²) in [7, 11) is 3.65. The number of methoxy groups -OCH3 is 1. The third-order valence-electron chi connectivity index (χ3n) is 6.31. The molecule has 0 spiro atoms. The summed E-state index contributed by atoms with van der Waals surface area (Å²) in [5.41, 5.74) is 1.55. The molecule has 0 unspecified atom stereocenters. The Morgan fingerprint density at radius 3 is 2.43 bits per heavy atom. The lowest BCUT2D eigenvalue weighted by atomic mass is 9.76. The van der Waals surface area contributed by atoms with Crippen molar-refractivity contribution in [1.29, 1.82) is 0 Å². The number of piperidine rings is 1. The van der Waals surface area contributed by atoms with Gasteiger partial charge in [-0.1, -0.05) is 44.2 Å². The molecule has 1 saturated heterocycles. The molecule has 1 aliphatic heterocycles. The molecule has 1 fully saturated rings. The summed E-state index contributed by atoms with van der Waals surface area (Å²) < 4.78 is 5.16. The molecule has 28 heavy (non-hydrogen) atoms. The Morgan fingerprint density at radius 1 is 1.18 bits per heavy atom. The van der Waals surface area contributed by atoms with E-state index in [1.807, 2.05) is 7.05 Å². The van der Waals surface area contributed by atoms with E-state index in [0.717, 1.165) is 58.0 Å². The zero-order valence-electron chi connectivity index (χ0n) is 18.3. The summed E-state index contributed by atoms with van der Waals surface area (Å²) in [5, 5.41) is 7.27. The van der Waals surface area contributed by atoms with Gasteiger partial charge in [-0.25, -0.2) is 0 Å². The second kappa shape index (κ2) is 12.1. The molecule has 0 aromatic heterocycles. The topological polar surface area (TPSA) is 48.9 Å². The fourth-order valence-corrected chi connectivity index (χ4v) is 4.18. The molecule has 1 aromatic carbocycles. The molecule has 5 heteroatoms. The Bertz CT molecular complexity index is 563. The molecule has 0 atom stereocenters. The average molecular weight is 389 g/mol. The predicted molar refractivity (Wildman–Crippen MR) is 119 cm³/mol. The number of benzene rings is 1. The first kappa shape index (κ1) is 22.7. The fourth-order valence-electron chi connectivity index (χ4n) is 4.18. The smallest absolute Gasteiger partial charge is 0.191 e. The third-order valence-corrected chi connectivity index (χ3v) is 6.31. The van der Waals surface area contributed by atoms with Crippen LogP contribution in [0.3, 0.4) is 0 Å². The lowest BCUT2D eigenvalue weighted by Crippen LogP contribution is -2.51. The average Bonchev–Trinajstić information content (AvgIpc) is 2.76. The molecule has 0 amide bonds. The highest BCUT2D eigenvalue weighted by Gasteiger charge is 2.29. The van der Waals surface area contributed by atoms with Gasteiger partial charge >= 0.3 is 0 Å². The van der Waals surface area contributed by atoms with Crippen molar-refractivity contribution in [3.63, 3.8) is 0 Å². The van der Waals surface area contributed by atoms with Gasteiger partial charge in [0.05, 0.1) is 0 Å². The molecule has 0 saturated carbocycles. The van der Waals surface area contributed by atoms with Crippen LogP contribution in [0, 0.1) is 0 Å². The predicted octanol–water partition coefficient (Wildman–Crippen LogP) is 3.41. The Kier molecular flexibility index (Phi) is 9.79. The van der Waals surface area contributed by atoms with E-state index in [9.17, 15) is 0 Å². The summed E-state index contributed by atoms with van der Waals surface area (Å²) >= 11 is 0. The van der Waals surface area contributed by atoms with Gasteiger partial charge in [0, 0.05) is 58.4 Å². The largest absolute Gasteiger partial charge is 0.385 e. The van der Waals surface area contributed by atoms with Crippen molar-refractivity contribution in [3.8, 4) is 0 Å². The van der Waals surface area contributed by atoms with Gasteiger partial charge in [0.1, 0.15) is 0 Å². The zero-order valence-corrected chi connectivity index (χ0v) is 18.3. The normalized spacial score (nSPS) is 16.9. The van der Waals surface area contributed by atoms with Gasteiger partial charge in [-0.05, 0) is 37.7 Å². The minimum absolute atomic E-state index is 0.142. The molecule has 1 aromatic rings. The van der Waals surface area contributed by atoms with Gasteiger partial charge in [-0.2, -0.15) is 0 Å². The highest BCUT2D eigenvalue weighted by atomic mass is 16.5. The van der Waals surface area contributed by atoms with E-state index < -0.39 is 0 Å². The Balaban J connectivity index is 1.84. The second-order valence-corrected chi connectivity index (χ2v) is 7.89. The van der Waals surface area contributed by atoms with Crippen LogP contribution in [0.15, 0.2) is 35.3 Å². The van der Waals surface area contributed by atoms with Crippen molar-refractivity contribution in [3.05, 3.63) is 35.9 Å². The number of ether oxygens (including phenoxy) is 1. The van der Waals surface area contributed by atoms with Crippen LogP contribution in [0.2, 0.25) is 0 Å². The molecule has 1 heterocycles. The number of nitrogens with one attached hydrogen (secondary N) is 2. The first-order valence-corrected chi connectivity index (χ1v) is 10.9. The van der Waals surface area contributed by atoms with E-state index in [4.69, 9.17) is 4.74 Å². The fraction of sp³-hybridized carbons (Fsp3) is 0.696. The van der Waals surface area contributed by atoms with Crippen LogP contribution >= 0.6 is 0 Å². The van der Waals surface area contributed by atoms with E-state index in [-0.39, 0.29) is 5.41 Å². The van der Waals surface area contributed by atoms with Gasteiger partial charge in [0.2, 0.25) is 0 Å². The maximum atomic E-state index is 5.16. The minimum atomic E-state index is 0.142. The highest BCUT2D eigenvalue weighted by molar-refractivity contribution is 5.80. The van der Waals surface area contributed by atoms with Crippen molar-refractivity contribution < 1.29 is 4.74 Å². The van der Waals surface area contributed by atoms with Gasteiger partial charge in [0.15, 0.2) is 5.96 Å². The van der Waals surface area contributed by atoms with Crippen LogP contribution in [0.25, 0.3) is 0 Å². The maximum Gasteiger partial charge on any atom is 0.191 e. The van der Waals surface area contributed by atoms with Crippen LogP contribution in [0.5, 0.6) is 0 Å². The maximum absolute atomic E-state index is 5.16. The van der Waals surface area contributed by atoms with Gasteiger partial charge < -0.3 is 20.3 Å². The zero-order chi connectivity index (χ0) is 20.2. The number of nitrogens with zero attached hydrogens (tertiary/aromatic N) is 2. The minimum Gasteiger partial charge on any atom is -0.385 e. The first-order chi connectivity index (χ1) is 13.7. The van der Waals surface area contributed by atoms with Gasteiger partial charge in [0.25, 0.3) is 0 Å². The lowest BCUT2D eigenvalue weighted by Gasteiger charge is -2.35. The third kappa shape index (κ3) is 6.49. The summed E-state index contributed by atoms with van der Waals surface area (Å²) in [6.45, 7) is 9.76. The highest BCUT2D eigenvalue weighted by Crippen LogP contribution is 2.30. The molecule has 0 radical (unpaired) electrons. The van der Waals surface area contributed by atoms with E-state index >= 15 is 0 Å². The van der Waals surface area contributed by atoms with Crippen LogP contribution in [0.4, 0.5) is 0 Å². The van der Waals surface area contributed by atoms with E-state index in [0.29, 0.717) is 6.04 Å². The summed E-state index contributed by atoms with van der Waals surface area (Å²) in [6.07, 6.45) is 5.67. The Morgan fingerprint density at radius 2 is 1.86 bits per heavy atom. The monoisotopic (exact) mass is 388 g/mol. The summed E-state index contributed by atoms with van der Waals surface area (Å²) in [5.74, 6) is 0.931. The molecular formula is C23H40N4O. The standard InChI is InChI=1S/C23H40N4O/c1-5-23(6-2,20-11-8-7-9-12-20)19-25-22(24-3)26-21-13-16-27(17-14-21)15-10-18-28-4/h7-9,11-12,21H,5-6,10,13-19H2,1-4H3,(H2,24,25,26). The van der Waals surface area contributed by atoms with Gasteiger partial charge in [-0.3, -0.25) is 4.99 Å². The van der Waals surface area contributed by atoms with Crippen LogP contribution in [-0.4, -0.2) is 63.8 Å². The number of aliphatic imine (C=N–C) groups is 1. The van der Waals surface area contributed by atoms with Gasteiger partial charge in [-0.15, -0.1) is 0 Å². The molecule has 0 aliphatic carbocycles. The second-order valence-electron chi connectivity index (χ2n) is 7.89. The molecule has 0 bridgehead atoms. The molecule has 2 N–H and O–H groups in total. The first-order valence-electron chi connectivity index (χ1n) is 10.9. The van der Waals surface area contributed by atoms with Crippen molar-refractivity contribution in [2.45, 2.75) is 57.4 Å². The number of rotatable bonds is 10. The van der Waals surface area contributed by atoms with Crippen molar-refractivity contribution in [2.24, 2.45) is 4.99 Å². The number of hydrogen-bond donors (Lipinski definition) is 2. The SMILES string of the molecule is CCC(CC)(CNC(=NC)NC1CCN(CCCOC)CC1)c1ccccc1. The number of guanidine groups is 1. The van der Waals surface area contributed by atoms with Crippen molar-refractivity contribution in [2.75, 3.05) is 46.9 Å². The lowest BCUT2D eigenvalue weighted by molar-refractivity contribution is 0.155.